The zero-order chi connectivity index (χ0) is 19.9. The van der Waals surface area contributed by atoms with Crippen molar-refractivity contribution in [3.8, 4) is 11.5 Å². The second kappa shape index (κ2) is 8.59. The summed E-state index contributed by atoms with van der Waals surface area (Å²) < 4.78 is 10.2. The maximum Gasteiger partial charge on any atom is 0.362 e. The summed E-state index contributed by atoms with van der Waals surface area (Å²) in [6, 6.07) is 16.9. The normalized spacial score (nSPS) is 10.1. The molecule has 1 aromatic heterocycles. The van der Waals surface area contributed by atoms with Crippen LogP contribution in [0.15, 0.2) is 72.9 Å². The zero-order valence-electron chi connectivity index (χ0n) is 14.6. The molecule has 0 bridgehead atoms. The summed E-state index contributed by atoms with van der Waals surface area (Å²) in [6.45, 7) is -0.626. The largest absolute Gasteiger partial charge is 0.507 e. The summed E-state index contributed by atoms with van der Waals surface area (Å²) in [4.78, 5) is 40.5. The fraction of sp³-hybridized carbons (Fsp3) is 0.0476. The van der Waals surface area contributed by atoms with E-state index in [1.807, 2.05) is 0 Å². The Bertz CT molecular complexity index is 1000. The van der Waals surface area contributed by atoms with Crippen LogP contribution in [0.3, 0.4) is 0 Å². The van der Waals surface area contributed by atoms with Crippen molar-refractivity contribution in [2.45, 2.75) is 0 Å². The lowest BCUT2D eigenvalue weighted by Gasteiger charge is -2.11. The summed E-state index contributed by atoms with van der Waals surface area (Å²) in [5.74, 6) is -2.74. The molecule has 0 radical (unpaired) electrons. The van der Waals surface area contributed by atoms with Gasteiger partial charge in [0.1, 0.15) is 22.8 Å². The number of carbonyl (C=O) groups is 3. The molecular formula is C21H15NO6. The summed E-state index contributed by atoms with van der Waals surface area (Å²) in [5.41, 5.74) is 0.0711. The second-order valence-electron chi connectivity index (χ2n) is 5.62. The Morgan fingerprint density at radius 1 is 0.857 bits per heavy atom. The Kier molecular flexibility index (Phi) is 5.76. The van der Waals surface area contributed by atoms with Gasteiger partial charge in [0, 0.05) is 6.20 Å². The van der Waals surface area contributed by atoms with Gasteiger partial charge in [0.05, 0.1) is 5.56 Å². The molecule has 1 heterocycles. The van der Waals surface area contributed by atoms with Crippen molar-refractivity contribution < 1.29 is 29.0 Å². The van der Waals surface area contributed by atoms with Crippen molar-refractivity contribution in [2.24, 2.45) is 0 Å². The number of esters is 2. The van der Waals surface area contributed by atoms with Crippen LogP contribution >= 0.6 is 0 Å². The number of carbonyl (C=O) groups excluding carboxylic acids is 3. The summed E-state index contributed by atoms with van der Waals surface area (Å²) in [6.07, 6.45) is 1.42. The number of hydrogen-bond donors (Lipinski definition) is 1. The first kappa shape index (κ1) is 18.8. The van der Waals surface area contributed by atoms with E-state index < -0.39 is 30.1 Å². The molecular weight excluding hydrogens is 362 g/mol. The first-order valence-corrected chi connectivity index (χ1v) is 8.27. The number of hydrogen-bond acceptors (Lipinski definition) is 7. The molecule has 0 unspecified atom stereocenters. The molecule has 0 spiro atoms. The third-order valence-corrected chi connectivity index (χ3v) is 3.70. The van der Waals surface area contributed by atoms with Gasteiger partial charge in [-0.2, -0.15) is 0 Å². The highest BCUT2D eigenvalue weighted by Gasteiger charge is 2.22. The molecule has 0 aliphatic carbocycles. The predicted molar refractivity (Wildman–Crippen MR) is 98.4 cm³/mol. The Hall–Kier alpha value is -4.00. The van der Waals surface area contributed by atoms with E-state index in [-0.39, 0.29) is 22.6 Å². The number of phenols is 1. The van der Waals surface area contributed by atoms with Crippen LogP contribution in [0, 0.1) is 0 Å². The average molecular weight is 377 g/mol. The molecule has 0 amide bonds. The minimum Gasteiger partial charge on any atom is -0.507 e. The standard InChI is InChI=1S/C21H15NO6/c23-16-10-6-11-18(28-21(26)15-9-4-5-12-22-15)19(16)17(24)13-27-20(25)14-7-2-1-3-8-14/h1-12,23H,13H2. The van der Waals surface area contributed by atoms with Crippen LogP contribution < -0.4 is 4.74 Å². The van der Waals surface area contributed by atoms with Crippen molar-refractivity contribution >= 4 is 17.7 Å². The molecule has 0 aliphatic heterocycles. The minimum atomic E-state index is -0.790. The van der Waals surface area contributed by atoms with Crippen molar-refractivity contribution in [2.75, 3.05) is 6.61 Å². The van der Waals surface area contributed by atoms with Gasteiger partial charge in [-0.1, -0.05) is 30.3 Å². The molecule has 140 valence electrons. The Morgan fingerprint density at radius 2 is 1.61 bits per heavy atom. The van der Waals surface area contributed by atoms with E-state index in [1.165, 1.54) is 30.5 Å². The van der Waals surface area contributed by atoms with E-state index in [0.29, 0.717) is 0 Å². The molecule has 1 N–H and O–H groups in total. The third-order valence-electron chi connectivity index (χ3n) is 3.70. The van der Waals surface area contributed by atoms with Crippen molar-refractivity contribution in [3.05, 3.63) is 89.7 Å². The number of rotatable bonds is 6. The van der Waals surface area contributed by atoms with Crippen LogP contribution in [0.25, 0.3) is 0 Å². The van der Waals surface area contributed by atoms with E-state index in [2.05, 4.69) is 4.98 Å². The number of ether oxygens (including phenoxy) is 2. The number of nitrogens with zero attached hydrogens (tertiary/aromatic N) is 1. The molecule has 28 heavy (non-hydrogen) atoms. The highest BCUT2D eigenvalue weighted by atomic mass is 16.5. The van der Waals surface area contributed by atoms with Gasteiger partial charge in [-0.05, 0) is 36.4 Å². The summed E-state index contributed by atoms with van der Waals surface area (Å²) in [7, 11) is 0. The Balaban J connectivity index is 1.75. The van der Waals surface area contributed by atoms with Crippen molar-refractivity contribution in [1.82, 2.24) is 4.98 Å². The van der Waals surface area contributed by atoms with E-state index in [9.17, 15) is 19.5 Å². The van der Waals surface area contributed by atoms with Crippen molar-refractivity contribution in [1.29, 1.82) is 0 Å². The van der Waals surface area contributed by atoms with Gasteiger partial charge >= 0.3 is 11.9 Å². The van der Waals surface area contributed by atoms with Crippen LogP contribution in [0.5, 0.6) is 11.5 Å². The molecule has 0 fully saturated rings. The average Bonchev–Trinajstić information content (AvgIpc) is 2.73. The summed E-state index contributed by atoms with van der Waals surface area (Å²) in [5, 5.41) is 10.1. The molecule has 2 aromatic carbocycles. The zero-order valence-corrected chi connectivity index (χ0v) is 14.6. The monoisotopic (exact) mass is 377 g/mol. The minimum absolute atomic E-state index is 0.0414. The van der Waals surface area contributed by atoms with Gasteiger partial charge in [-0.15, -0.1) is 0 Å². The Morgan fingerprint density at radius 3 is 2.32 bits per heavy atom. The lowest BCUT2D eigenvalue weighted by Crippen LogP contribution is -2.17. The third kappa shape index (κ3) is 4.39. The van der Waals surface area contributed by atoms with Gasteiger partial charge in [-0.3, -0.25) is 4.79 Å². The summed E-state index contributed by atoms with van der Waals surface area (Å²) >= 11 is 0. The maximum absolute atomic E-state index is 12.5. The molecule has 7 heteroatoms. The van der Waals surface area contributed by atoms with Crippen LogP contribution in [-0.2, 0) is 4.74 Å². The maximum atomic E-state index is 12.5. The number of phenolic OH excluding ortho intramolecular Hbond substituents is 1. The molecule has 3 aromatic rings. The molecule has 0 saturated heterocycles. The van der Waals surface area contributed by atoms with Gasteiger partial charge in [0.15, 0.2) is 6.61 Å². The first-order chi connectivity index (χ1) is 13.6. The topological polar surface area (TPSA) is 103 Å². The number of aromatic hydroxyl groups is 1. The van der Waals surface area contributed by atoms with Crippen LogP contribution in [0.4, 0.5) is 0 Å². The molecule has 0 saturated carbocycles. The van der Waals surface area contributed by atoms with E-state index in [0.717, 1.165) is 0 Å². The van der Waals surface area contributed by atoms with E-state index in [4.69, 9.17) is 9.47 Å². The number of aromatic nitrogens is 1. The molecule has 3 rings (SSSR count). The second-order valence-corrected chi connectivity index (χ2v) is 5.62. The van der Waals surface area contributed by atoms with Crippen LogP contribution in [-0.4, -0.2) is 34.4 Å². The lowest BCUT2D eigenvalue weighted by molar-refractivity contribution is 0.0471. The molecule has 0 atom stereocenters. The number of pyridine rings is 1. The SMILES string of the molecule is O=C(OCC(=O)c1c(O)cccc1OC(=O)c1ccccn1)c1ccccc1. The molecule has 0 aliphatic rings. The highest BCUT2D eigenvalue weighted by Crippen LogP contribution is 2.28. The first-order valence-electron chi connectivity index (χ1n) is 8.27. The smallest absolute Gasteiger partial charge is 0.362 e. The lowest BCUT2D eigenvalue weighted by atomic mass is 10.1. The number of Topliss-reactive ketones (excluding diaryl/α,β-unsaturated/α-hetero) is 1. The fourth-order valence-electron chi connectivity index (χ4n) is 2.38. The highest BCUT2D eigenvalue weighted by molar-refractivity contribution is 6.04. The fourth-order valence-corrected chi connectivity index (χ4v) is 2.38. The van der Waals surface area contributed by atoms with E-state index in [1.54, 1.807) is 42.5 Å². The quantitative estimate of drug-likeness (QED) is 0.400. The number of ketones is 1. The molecule has 7 nitrogen and oxygen atoms in total. The van der Waals surface area contributed by atoms with Crippen LogP contribution in [0.2, 0.25) is 0 Å². The predicted octanol–water partition coefficient (Wildman–Crippen LogP) is 3.05. The van der Waals surface area contributed by atoms with Crippen molar-refractivity contribution in [3.63, 3.8) is 0 Å². The van der Waals surface area contributed by atoms with Gasteiger partial charge in [0.2, 0.25) is 5.78 Å². The Labute approximate surface area is 160 Å². The van der Waals surface area contributed by atoms with Crippen LogP contribution in [0.1, 0.15) is 31.2 Å². The van der Waals surface area contributed by atoms with Gasteiger partial charge in [-0.25, -0.2) is 14.6 Å². The van der Waals surface area contributed by atoms with Gasteiger partial charge in [0.25, 0.3) is 0 Å². The van der Waals surface area contributed by atoms with E-state index >= 15 is 0 Å². The number of benzene rings is 2. The van der Waals surface area contributed by atoms with Gasteiger partial charge < -0.3 is 14.6 Å².